The van der Waals surface area contributed by atoms with Crippen LogP contribution >= 0.6 is 24.0 Å². The van der Waals surface area contributed by atoms with Crippen LogP contribution in [0.15, 0.2) is 18.2 Å². The highest BCUT2D eigenvalue weighted by Crippen LogP contribution is 2.40. The lowest BCUT2D eigenvalue weighted by Gasteiger charge is -2.12. The Morgan fingerprint density at radius 2 is 2.29 bits per heavy atom. The van der Waals surface area contributed by atoms with Gasteiger partial charge in [-0.05, 0) is 30.9 Å². The van der Waals surface area contributed by atoms with Crippen LogP contribution in [0.3, 0.4) is 0 Å². The Kier molecular flexibility index (Phi) is 3.56. The minimum atomic E-state index is -0.0652. The van der Waals surface area contributed by atoms with E-state index in [0.29, 0.717) is 22.9 Å². The van der Waals surface area contributed by atoms with Gasteiger partial charge in [-0.15, -0.1) is 12.4 Å². The minimum Gasteiger partial charge on any atom is -0.309 e. The van der Waals surface area contributed by atoms with Gasteiger partial charge in [0.05, 0.1) is 6.04 Å². The van der Waals surface area contributed by atoms with Gasteiger partial charge in [0.15, 0.2) is 0 Å². The van der Waals surface area contributed by atoms with E-state index in [1.54, 1.807) is 18.2 Å². The monoisotopic (exact) mass is 273 g/mol. The summed E-state index contributed by atoms with van der Waals surface area (Å²) in [4.78, 5) is 15.9. The fourth-order valence-electron chi connectivity index (χ4n) is 2.22. The van der Waals surface area contributed by atoms with Crippen LogP contribution in [0.2, 0.25) is 5.15 Å². The van der Waals surface area contributed by atoms with Gasteiger partial charge in [-0.3, -0.25) is 4.79 Å². The molecule has 0 radical (unpaired) electrons. The summed E-state index contributed by atoms with van der Waals surface area (Å²) in [5, 5.41) is 6.45. The molecule has 6 heteroatoms. The van der Waals surface area contributed by atoms with Gasteiger partial charge in [0, 0.05) is 6.04 Å². The van der Waals surface area contributed by atoms with Crippen LogP contribution in [0.5, 0.6) is 0 Å². The van der Waals surface area contributed by atoms with Crippen molar-refractivity contribution in [3.8, 4) is 0 Å². The lowest BCUT2D eigenvalue weighted by Crippen LogP contribution is -2.38. The first-order valence-electron chi connectivity index (χ1n) is 5.42. The zero-order valence-corrected chi connectivity index (χ0v) is 10.6. The highest BCUT2D eigenvalue weighted by molar-refractivity contribution is 6.29. The number of piperidine rings is 1. The third-order valence-corrected chi connectivity index (χ3v) is 3.37. The highest BCUT2D eigenvalue weighted by atomic mass is 35.5. The second kappa shape index (κ2) is 4.80. The van der Waals surface area contributed by atoms with Gasteiger partial charge < -0.3 is 10.6 Å². The van der Waals surface area contributed by atoms with Crippen molar-refractivity contribution in [2.45, 2.75) is 24.9 Å². The Bertz CT molecular complexity index is 430. The first kappa shape index (κ1) is 12.6. The number of nitrogens with one attached hydrogen (secondary N) is 2. The van der Waals surface area contributed by atoms with Crippen LogP contribution in [0.25, 0.3) is 0 Å². The average Bonchev–Trinajstić information content (AvgIpc) is 2.86. The SMILES string of the molecule is Cl.O=C(Nc1cccc(Cl)n1)[C@@H]1C[C@H]2C[C@H]2N1. The maximum Gasteiger partial charge on any atom is 0.242 e. The lowest BCUT2D eigenvalue weighted by molar-refractivity contribution is -0.118. The van der Waals surface area contributed by atoms with Gasteiger partial charge in [0.1, 0.15) is 11.0 Å². The number of nitrogens with zero attached hydrogens (tertiary/aromatic N) is 1. The number of fused-ring (bicyclic) bond motifs is 1. The van der Waals surface area contributed by atoms with Crippen molar-refractivity contribution in [1.29, 1.82) is 0 Å². The van der Waals surface area contributed by atoms with E-state index in [9.17, 15) is 4.79 Å². The summed E-state index contributed by atoms with van der Waals surface area (Å²) in [6, 6.07) is 5.69. The van der Waals surface area contributed by atoms with Crippen molar-refractivity contribution in [1.82, 2.24) is 10.3 Å². The quantitative estimate of drug-likeness (QED) is 0.809. The van der Waals surface area contributed by atoms with E-state index in [0.717, 1.165) is 6.42 Å². The predicted molar refractivity (Wildman–Crippen MR) is 68.6 cm³/mol. The second-order valence-corrected chi connectivity index (χ2v) is 4.78. The van der Waals surface area contributed by atoms with Crippen LogP contribution in [0.1, 0.15) is 12.8 Å². The molecule has 1 aliphatic heterocycles. The Morgan fingerprint density at radius 3 is 2.94 bits per heavy atom. The maximum atomic E-state index is 11.8. The lowest BCUT2D eigenvalue weighted by atomic mass is 10.2. The number of hydrogen-bond acceptors (Lipinski definition) is 3. The van der Waals surface area contributed by atoms with Crippen molar-refractivity contribution >= 4 is 35.7 Å². The van der Waals surface area contributed by atoms with Crippen LogP contribution in [0, 0.1) is 5.92 Å². The van der Waals surface area contributed by atoms with Crippen molar-refractivity contribution in [3.05, 3.63) is 23.4 Å². The van der Waals surface area contributed by atoms with Crippen molar-refractivity contribution in [2.24, 2.45) is 5.92 Å². The normalized spacial score (nSPS) is 29.1. The van der Waals surface area contributed by atoms with Crippen LogP contribution in [0.4, 0.5) is 5.82 Å². The molecule has 2 aliphatic rings. The molecule has 3 rings (SSSR count). The number of anilines is 1. The van der Waals surface area contributed by atoms with Gasteiger partial charge >= 0.3 is 0 Å². The smallest absolute Gasteiger partial charge is 0.242 e. The first-order valence-corrected chi connectivity index (χ1v) is 5.79. The molecule has 1 saturated heterocycles. The third-order valence-electron chi connectivity index (χ3n) is 3.16. The predicted octanol–water partition coefficient (Wildman–Crippen LogP) is 1.85. The highest BCUT2D eigenvalue weighted by Gasteiger charge is 2.47. The summed E-state index contributed by atoms with van der Waals surface area (Å²) in [5.41, 5.74) is 0. The number of rotatable bonds is 2. The molecule has 1 amide bonds. The number of amides is 1. The molecular formula is C11H13Cl2N3O. The van der Waals surface area contributed by atoms with Gasteiger partial charge in [0.2, 0.25) is 5.91 Å². The Balaban J connectivity index is 0.00000108. The first-order chi connectivity index (χ1) is 7.72. The summed E-state index contributed by atoms with van der Waals surface area (Å²) in [5.74, 6) is 1.21. The molecular weight excluding hydrogens is 261 g/mol. The van der Waals surface area contributed by atoms with Gasteiger partial charge in [0.25, 0.3) is 0 Å². The van der Waals surface area contributed by atoms with Gasteiger partial charge in [-0.25, -0.2) is 4.98 Å². The number of halogens is 2. The van der Waals surface area contributed by atoms with Crippen LogP contribution in [-0.4, -0.2) is 23.0 Å². The van der Waals surface area contributed by atoms with E-state index in [4.69, 9.17) is 11.6 Å². The molecule has 3 atom stereocenters. The molecule has 4 nitrogen and oxygen atoms in total. The number of hydrogen-bond donors (Lipinski definition) is 2. The van der Waals surface area contributed by atoms with E-state index in [1.807, 2.05) is 0 Å². The molecule has 2 N–H and O–H groups in total. The summed E-state index contributed by atoms with van der Waals surface area (Å²) >= 11 is 5.74. The van der Waals surface area contributed by atoms with Crippen molar-refractivity contribution in [2.75, 3.05) is 5.32 Å². The number of aromatic nitrogens is 1. The number of pyridine rings is 1. The summed E-state index contributed by atoms with van der Waals surface area (Å²) < 4.78 is 0. The standard InChI is InChI=1S/C11H12ClN3O.ClH/c12-9-2-1-3-10(14-9)15-11(16)8-5-6-4-7(6)13-8;/h1-3,6-8,13H,4-5H2,(H,14,15,16);1H/t6-,7-,8+;/m1./s1. The Hall–Kier alpha value is -0.840. The number of carbonyl (C=O) groups is 1. The fraction of sp³-hybridized carbons (Fsp3) is 0.455. The van der Waals surface area contributed by atoms with Crippen LogP contribution in [-0.2, 0) is 4.79 Å². The van der Waals surface area contributed by atoms with E-state index in [-0.39, 0.29) is 24.4 Å². The molecule has 1 saturated carbocycles. The summed E-state index contributed by atoms with van der Waals surface area (Å²) in [6.07, 6.45) is 2.16. The molecule has 0 unspecified atom stereocenters. The molecule has 0 spiro atoms. The van der Waals surface area contributed by atoms with E-state index >= 15 is 0 Å². The van der Waals surface area contributed by atoms with Gasteiger partial charge in [-0.1, -0.05) is 17.7 Å². The zero-order valence-electron chi connectivity index (χ0n) is 9.02. The molecule has 2 fully saturated rings. The largest absolute Gasteiger partial charge is 0.309 e. The summed E-state index contributed by atoms with van der Waals surface area (Å²) in [7, 11) is 0. The van der Waals surface area contributed by atoms with E-state index in [1.165, 1.54) is 6.42 Å². The molecule has 17 heavy (non-hydrogen) atoms. The molecule has 1 aromatic heterocycles. The molecule has 1 aliphatic carbocycles. The third kappa shape index (κ3) is 2.70. The molecule has 0 aromatic carbocycles. The molecule has 0 bridgehead atoms. The number of carbonyl (C=O) groups excluding carboxylic acids is 1. The fourth-order valence-corrected chi connectivity index (χ4v) is 2.38. The molecule has 2 heterocycles. The second-order valence-electron chi connectivity index (χ2n) is 4.39. The van der Waals surface area contributed by atoms with Crippen molar-refractivity contribution < 1.29 is 4.79 Å². The zero-order chi connectivity index (χ0) is 11.1. The van der Waals surface area contributed by atoms with Crippen LogP contribution < -0.4 is 10.6 Å². The molecule has 92 valence electrons. The summed E-state index contributed by atoms with van der Waals surface area (Å²) in [6.45, 7) is 0. The maximum absolute atomic E-state index is 11.8. The molecule has 1 aromatic rings. The average molecular weight is 274 g/mol. The Morgan fingerprint density at radius 1 is 1.47 bits per heavy atom. The Labute approximate surface area is 111 Å². The topological polar surface area (TPSA) is 54.0 Å². The van der Waals surface area contributed by atoms with E-state index < -0.39 is 0 Å². The van der Waals surface area contributed by atoms with Crippen molar-refractivity contribution in [3.63, 3.8) is 0 Å². The minimum absolute atomic E-state index is 0. The van der Waals surface area contributed by atoms with Gasteiger partial charge in [-0.2, -0.15) is 0 Å². The van der Waals surface area contributed by atoms with E-state index in [2.05, 4.69) is 15.6 Å².